The Morgan fingerprint density at radius 2 is 1.43 bits per heavy atom. The minimum Gasteiger partial charge on any atom is -0.294 e. The summed E-state index contributed by atoms with van der Waals surface area (Å²) >= 11 is 0. The maximum atomic E-state index is 13.5. The van der Waals surface area contributed by atoms with Crippen molar-refractivity contribution in [3.63, 3.8) is 0 Å². The molecule has 3 rings (SSSR count). The molecule has 0 N–H and O–H groups in total. The number of rotatable bonds is 15. The number of carbonyl (C=O) groups excluding carboxylic acids is 2. The van der Waals surface area contributed by atoms with Gasteiger partial charge in [0.25, 0.3) is 0 Å². The van der Waals surface area contributed by atoms with Crippen molar-refractivity contribution in [2.45, 2.75) is 78.1 Å². The van der Waals surface area contributed by atoms with Crippen LogP contribution in [0.15, 0.2) is 72.8 Å². The molecule has 0 saturated heterocycles. The second kappa shape index (κ2) is 15.1. The molecule has 0 fully saturated rings. The van der Waals surface area contributed by atoms with Gasteiger partial charge in [0.05, 0.1) is 12.2 Å². The minimum atomic E-state index is -0.547. The first-order chi connectivity index (χ1) is 18.0. The highest BCUT2D eigenvalue weighted by Crippen LogP contribution is 2.32. The summed E-state index contributed by atoms with van der Waals surface area (Å²) in [5.41, 5.74) is 5.00. The van der Waals surface area contributed by atoms with Crippen LogP contribution in [-0.4, -0.2) is 18.4 Å². The van der Waals surface area contributed by atoms with Crippen LogP contribution in [0.3, 0.4) is 0 Å². The highest BCUT2D eigenvalue weighted by Gasteiger charge is 2.23. The third-order valence-corrected chi connectivity index (χ3v) is 6.76. The van der Waals surface area contributed by atoms with E-state index in [1.54, 1.807) is 12.1 Å². The van der Waals surface area contributed by atoms with Gasteiger partial charge in [-0.25, -0.2) is 4.79 Å². The Balaban J connectivity index is 1.78. The van der Waals surface area contributed by atoms with Crippen molar-refractivity contribution in [3.8, 4) is 11.1 Å². The molecule has 1 unspecified atom stereocenters. The molecular formula is C33H40O4. The average Bonchev–Trinajstić information content (AvgIpc) is 2.95. The molecule has 0 heterocycles. The summed E-state index contributed by atoms with van der Waals surface area (Å²) in [4.78, 5) is 36.5. The van der Waals surface area contributed by atoms with Crippen LogP contribution in [0.1, 0.15) is 103 Å². The van der Waals surface area contributed by atoms with Gasteiger partial charge in [-0.1, -0.05) is 114 Å². The van der Waals surface area contributed by atoms with Gasteiger partial charge in [-0.3, -0.25) is 9.68 Å². The van der Waals surface area contributed by atoms with Gasteiger partial charge in [-0.05, 0) is 53.6 Å². The zero-order valence-corrected chi connectivity index (χ0v) is 22.5. The fourth-order valence-corrected chi connectivity index (χ4v) is 4.44. The zero-order valence-electron chi connectivity index (χ0n) is 22.5. The third kappa shape index (κ3) is 8.40. The number of benzene rings is 3. The fraction of sp³-hybridized carbons (Fsp3) is 0.394. The van der Waals surface area contributed by atoms with E-state index in [1.807, 2.05) is 67.6 Å². The lowest BCUT2D eigenvalue weighted by atomic mass is 9.85. The van der Waals surface area contributed by atoms with Crippen LogP contribution in [0.25, 0.3) is 11.1 Å². The first-order valence-electron chi connectivity index (χ1n) is 13.7. The molecule has 3 aromatic rings. The van der Waals surface area contributed by atoms with E-state index in [-0.39, 0.29) is 5.78 Å². The van der Waals surface area contributed by atoms with Crippen molar-refractivity contribution >= 4 is 11.8 Å². The van der Waals surface area contributed by atoms with Gasteiger partial charge in [0.1, 0.15) is 0 Å². The first kappa shape index (κ1) is 28.3. The van der Waals surface area contributed by atoms with E-state index in [1.165, 1.54) is 18.4 Å². The monoisotopic (exact) mass is 500 g/mol. The lowest BCUT2D eigenvalue weighted by Crippen LogP contribution is -2.13. The molecule has 0 amide bonds. The second-order valence-electron chi connectivity index (χ2n) is 9.66. The highest BCUT2D eigenvalue weighted by molar-refractivity contribution is 6.02. The van der Waals surface area contributed by atoms with E-state index < -0.39 is 11.9 Å². The van der Waals surface area contributed by atoms with Crippen LogP contribution in [0.5, 0.6) is 0 Å². The molecule has 0 saturated carbocycles. The van der Waals surface area contributed by atoms with Gasteiger partial charge in [0.15, 0.2) is 5.78 Å². The second-order valence-corrected chi connectivity index (χ2v) is 9.66. The molecular weight excluding hydrogens is 460 g/mol. The summed E-state index contributed by atoms with van der Waals surface area (Å²) in [5, 5.41) is 0. The van der Waals surface area contributed by atoms with E-state index in [9.17, 15) is 9.59 Å². The van der Waals surface area contributed by atoms with Crippen molar-refractivity contribution in [3.05, 3.63) is 95.1 Å². The highest BCUT2D eigenvalue weighted by atomic mass is 17.2. The van der Waals surface area contributed by atoms with Crippen LogP contribution in [0, 0.1) is 0 Å². The summed E-state index contributed by atoms with van der Waals surface area (Å²) < 4.78 is 0. The number of hydrogen-bond acceptors (Lipinski definition) is 4. The van der Waals surface area contributed by atoms with Gasteiger partial charge in [0.2, 0.25) is 0 Å². The van der Waals surface area contributed by atoms with Crippen LogP contribution in [0.2, 0.25) is 0 Å². The fourth-order valence-electron chi connectivity index (χ4n) is 4.44. The minimum absolute atomic E-state index is 0.0214. The average molecular weight is 501 g/mol. The summed E-state index contributed by atoms with van der Waals surface area (Å²) in [7, 11) is 0. The summed E-state index contributed by atoms with van der Waals surface area (Å²) in [6.07, 6.45) is 8.75. The zero-order chi connectivity index (χ0) is 26.5. The maximum Gasteiger partial charge on any atom is 0.373 e. The molecule has 0 aliphatic heterocycles. The molecule has 1 atom stereocenters. The Hall–Kier alpha value is -3.24. The van der Waals surface area contributed by atoms with Crippen LogP contribution in [-0.2, 0) is 16.2 Å². The van der Waals surface area contributed by atoms with Gasteiger partial charge in [-0.15, -0.1) is 0 Å². The molecule has 3 aromatic carbocycles. The molecule has 0 bridgehead atoms. The van der Waals surface area contributed by atoms with Gasteiger partial charge in [-0.2, -0.15) is 4.89 Å². The van der Waals surface area contributed by atoms with E-state index in [4.69, 9.17) is 9.78 Å². The van der Waals surface area contributed by atoms with Crippen LogP contribution >= 0.6 is 0 Å². The van der Waals surface area contributed by atoms with Crippen molar-refractivity contribution in [1.82, 2.24) is 0 Å². The largest absolute Gasteiger partial charge is 0.373 e. The topological polar surface area (TPSA) is 52.6 Å². The van der Waals surface area contributed by atoms with Gasteiger partial charge < -0.3 is 0 Å². The van der Waals surface area contributed by atoms with Gasteiger partial charge in [0, 0.05) is 11.5 Å². The van der Waals surface area contributed by atoms with Crippen molar-refractivity contribution in [1.29, 1.82) is 0 Å². The Kier molecular flexibility index (Phi) is 11.6. The molecule has 0 spiro atoms. The van der Waals surface area contributed by atoms with E-state index in [0.29, 0.717) is 17.7 Å². The normalized spacial score (nSPS) is 11.8. The molecule has 196 valence electrons. The Morgan fingerprint density at radius 1 is 0.757 bits per heavy atom. The molecule has 0 radical (unpaired) electrons. The summed E-state index contributed by atoms with van der Waals surface area (Å²) in [6, 6.07) is 23.2. The Morgan fingerprint density at radius 3 is 2.14 bits per heavy atom. The number of carbonyl (C=O) groups is 2. The predicted octanol–water partition coefficient (Wildman–Crippen LogP) is 8.74. The number of aryl methyl sites for hydroxylation is 1. The lowest BCUT2D eigenvalue weighted by molar-refractivity contribution is -0.241. The van der Waals surface area contributed by atoms with E-state index in [0.717, 1.165) is 55.2 Å². The number of Topliss-reactive ketones (excluding diaryl/α,β-unsaturated/α-hetero) is 1. The Bertz CT molecular complexity index is 1120. The first-order valence-corrected chi connectivity index (χ1v) is 13.7. The number of ketones is 1. The molecule has 0 aliphatic rings. The smallest absolute Gasteiger partial charge is 0.294 e. The van der Waals surface area contributed by atoms with E-state index in [2.05, 4.69) is 13.8 Å². The predicted molar refractivity (Wildman–Crippen MR) is 150 cm³/mol. The molecule has 4 heteroatoms. The maximum absolute atomic E-state index is 13.5. The summed E-state index contributed by atoms with van der Waals surface area (Å²) in [6.45, 7) is 6.63. The SMILES string of the molecule is CCCCCCCOOC(=O)c1ccc(-c2ccccc2)c(C(C)C(=O)c2ccc(CCCC)cc2)c1. The standard InChI is InChI=1S/C33H40O4/c1-4-6-8-9-13-23-36-37-33(35)29-21-22-30(27-15-11-10-12-16-27)31(24-29)25(3)32(34)28-19-17-26(18-20-28)14-7-5-2/h10-12,15-22,24-25H,4-9,13-14,23H2,1-3H3. The lowest BCUT2D eigenvalue weighted by Gasteiger charge is -2.18. The molecule has 0 aliphatic carbocycles. The quantitative estimate of drug-likeness (QED) is 0.0906. The van der Waals surface area contributed by atoms with Gasteiger partial charge >= 0.3 is 5.97 Å². The summed E-state index contributed by atoms with van der Waals surface area (Å²) in [5.74, 6) is -0.966. The van der Waals surface area contributed by atoms with Crippen molar-refractivity contribution in [2.75, 3.05) is 6.61 Å². The Labute approximate surface area is 221 Å². The van der Waals surface area contributed by atoms with Crippen molar-refractivity contribution in [2.24, 2.45) is 0 Å². The van der Waals surface area contributed by atoms with Crippen molar-refractivity contribution < 1.29 is 19.4 Å². The molecule has 0 aromatic heterocycles. The van der Waals surface area contributed by atoms with Crippen LogP contribution < -0.4 is 0 Å². The molecule has 4 nitrogen and oxygen atoms in total. The third-order valence-electron chi connectivity index (χ3n) is 6.76. The number of hydrogen-bond donors (Lipinski definition) is 0. The van der Waals surface area contributed by atoms with E-state index >= 15 is 0 Å². The number of unbranched alkanes of at least 4 members (excludes halogenated alkanes) is 5. The molecule has 37 heavy (non-hydrogen) atoms. The van der Waals surface area contributed by atoms with Crippen LogP contribution in [0.4, 0.5) is 0 Å².